The van der Waals surface area contributed by atoms with Crippen molar-refractivity contribution in [2.45, 2.75) is 6.92 Å². The van der Waals surface area contributed by atoms with Crippen LogP contribution in [0.25, 0.3) is 11.1 Å². The molecule has 0 aliphatic carbocycles. The summed E-state index contributed by atoms with van der Waals surface area (Å²) in [6, 6.07) is 12.6. The average molecular weight is 227 g/mol. The molecule has 86 valence electrons. The third kappa shape index (κ3) is 1.99. The monoisotopic (exact) mass is 227 g/mol. The Labute approximate surface area is 99.5 Å². The maximum atomic E-state index is 11.2. The van der Waals surface area contributed by atoms with E-state index in [-0.39, 0.29) is 5.56 Å². The Hall–Kier alpha value is -2.29. The molecule has 0 aromatic heterocycles. The summed E-state index contributed by atoms with van der Waals surface area (Å²) in [5, 5.41) is 9.20. The van der Waals surface area contributed by atoms with E-state index in [0.717, 1.165) is 11.1 Å². The normalized spacial score (nSPS) is 10.2. The van der Waals surface area contributed by atoms with Gasteiger partial charge >= 0.3 is 5.97 Å². The summed E-state index contributed by atoms with van der Waals surface area (Å²) in [4.78, 5) is 11.2. The molecule has 2 aromatic carbocycles. The second-order valence-electron chi connectivity index (χ2n) is 3.87. The zero-order chi connectivity index (χ0) is 12.4. The van der Waals surface area contributed by atoms with Gasteiger partial charge in [-0.25, -0.2) is 4.79 Å². The lowest BCUT2D eigenvalue weighted by Gasteiger charge is -2.12. The predicted octanol–water partition coefficient (Wildman–Crippen LogP) is 2.94. The number of anilines is 1. The summed E-state index contributed by atoms with van der Waals surface area (Å²) >= 11 is 0. The van der Waals surface area contributed by atoms with E-state index >= 15 is 0 Å². The number of rotatable bonds is 2. The fraction of sp³-hybridized carbons (Fsp3) is 0.0714. The Morgan fingerprint density at radius 2 is 1.76 bits per heavy atom. The highest BCUT2D eigenvalue weighted by Gasteiger charge is 2.15. The van der Waals surface area contributed by atoms with Gasteiger partial charge in [0.15, 0.2) is 0 Å². The fourth-order valence-electron chi connectivity index (χ4n) is 1.88. The summed E-state index contributed by atoms with van der Waals surface area (Å²) in [6.45, 7) is 1.84. The minimum Gasteiger partial charge on any atom is -0.478 e. The zero-order valence-electron chi connectivity index (χ0n) is 9.47. The number of nitrogen functional groups attached to an aromatic ring is 1. The largest absolute Gasteiger partial charge is 0.478 e. The Morgan fingerprint density at radius 1 is 1.12 bits per heavy atom. The van der Waals surface area contributed by atoms with E-state index < -0.39 is 5.97 Å². The molecule has 3 nitrogen and oxygen atoms in total. The van der Waals surface area contributed by atoms with Gasteiger partial charge in [-0.2, -0.15) is 0 Å². The van der Waals surface area contributed by atoms with Crippen molar-refractivity contribution in [3.05, 3.63) is 53.6 Å². The van der Waals surface area contributed by atoms with Crippen molar-refractivity contribution in [2.75, 3.05) is 5.73 Å². The molecule has 0 heterocycles. The number of benzene rings is 2. The molecule has 0 fully saturated rings. The Balaban J connectivity index is 2.74. The van der Waals surface area contributed by atoms with Crippen LogP contribution in [0.4, 0.5) is 5.69 Å². The first-order valence-corrected chi connectivity index (χ1v) is 5.29. The maximum Gasteiger partial charge on any atom is 0.336 e. The van der Waals surface area contributed by atoms with E-state index in [1.807, 2.05) is 37.3 Å². The van der Waals surface area contributed by atoms with Gasteiger partial charge in [0.25, 0.3) is 0 Å². The van der Waals surface area contributed by atoms with Gasteiger partial charge in [-0.05, 0) is 30.2 Å². The first-order valence-electron chi connectivity index (χ1n) is 5.29. The predicted molar refractivity (Wildman–Crippen MR) is 68.0 cm³/mol. The second kappa shape index (κ2) is 4.29. The number of carboxylic acid groups (broad SMARTS) is 1. The van der Waals surface area contributed by atoms with Crippen molar-refractivity contribution in [3.63, 3.8) is 0 Å². The van der Waals surface area contributed by atoms with Crippen LogP contribution in [0.15, 0.2) is 42.5 Å². The van der Waals surface area contributed by atoms with Gasteiger partial charge in [0.05, 0.1) is 5.56 Å². The van der Waals surface area contributed by atoms with Gasteiger partial charge in [0, 0.05) is 11.3 Å². The highest BCUT2D eigenvalue weighted by atomic mass is 16.4. The van der Waals surface area contributed by atoms with Gasteiger partial charge in [0.2, 0.25) is 0 Å². The molecule has 0 amide bonds. The van der Waals surface area contributed by atoms with Gasteiger partial charge in [0.1, 0.15) is 0 Å². The Morgan fingerprint density at radius 3 is 2.35 bits per heavy atom. The molecule has 0 saturated carbocycles. The molecule has 0 saturated heterocycles. The van der Waals surface area contributed by atoms with Crippen LogP contribution in [-0.4, -0.2) is 11.1 Å². The number of nitrogens with two attached hydrogens (primary N) is 1. The van der Waals surface area contributed by atoms with Crippen LogP contribution in [0, 0.1) is 6.92 Å². The average Bonchev–Trinajstić information content (AvgIpc) is 2.33. The minimum absolute atomic E-state index is 0.280. The van der Waals surface area contributed by atoms with Crippen molar-refractivity contribution in [3.8, 4) is 11.1 Å². The maximum absolute atomic E-state index is 11.2. The molecular formula is C14H13NO2. The van der Waals surface area contributed by atoms with E-state index in [2.05, 4.69) is 0 Å². The molecule has 0 radical (unpaired) electrons. The molecule has 2 aromatic rings. The van der Waals surface area contributed by atoms with Gasteiger partial charge in [-0.15, -0.1) is 0 Å². The topological polar surface area (TPSA) is 63.3 Å². The van der Waals surface area contributed by atoms with Gasteiger partial charge in [-0.3, -0.25) is 0 Å². The van der Waals surface area contributed by atoms with Crippen LogP contribution in [0.3, 0.4) is 0 Å². The molecular weight excluding hydrogens is 214 g/mol. The van der Waals surface area contributed by atoms with Crippen molar-refractivity contribution in [1.29, 1.82) is 0 Å². The fourth-order valence-corrected chi connectivity index (χ4v) is 1.88. The molecule has 0 spiro atoms. The van der Waals surface area contributed by atoms with Crippen LogP contribution in [-0.2, 0) is 0 Å². The standard InChI is InChI=1S/C14H13NO2/c1-9-12(15)8-7-11(14(16)17)13(9)10-5-3-2-4-6-10/h2-8H,15H2,1H3,(H,16,17). The smallest absolute Gasteiger partial charge is 0.336 e. The van der Waals surface area contributed by atoms with Crippen molar-refractivity contribution >= 4 is 11.7 Å². The summed E-state index contributed by atoms with van der Waals surface area (Å²) in [7, 11) is 0. The number of hydrogen-bond acceptors (Lipinski definition) is 2. The number of aromatic carboxylic acids is 1. The number of carbonyl (C=O) groups is 1. The van der Waals surface area contributed by atoms with E-state index in [4.69, 9.17) is 5.73 Å². The van der Waals surface area contributed by atoms with Crippen LogP contribution < -0.4 is 5.73 Å². The summed E-state index contributed by atoms with van der Waals surface area (Å²) < 4.78 is 0. The number of carboxylic acids is 1. The zero-order valence-corrected chi connectivity index (χ0v) is 9.47. The SMILES string of the molecule is Cc1c(N)ccc(C(=O)O)c1-c1ccccc1. The van der Waals surface area contributed by atoms with E-state index in [1.165, 1.54) is 0 Å². The van der Waals surface area contributed by atoms with E-state index in [0.29, 0.717) is 11.3 Å². The summed E-state index contributed by atoms with van der Waals surface area (Å²) in [6.07, 6.45) is 0. The lowest BCUT2D eigenvalue weighted by Crippen LogP contribution is -2.03. The minimum atomic E-state index is -0.938. The van der Waals surface area contributed by atoms with Gasteiger partial charge < -0.3 is 10.8 Å². The molecule has 0 atom stereocenters. The Bertz CT molecular complexity index is 562. The van der Waals surface area contributed by atoms with Crippen LogP contribution in [0.5, 0.6) is 0 Å². The molecule has 3 N–H and O–H groups in total. The second-order valence-corrected chi connectivity index (χ2v) is 3.87. The van der Waals surface area contributed by atoms with Crippen molar-refractivity contribution in [1.82, 2.24) is 0 Å². The first kappa shape index (κ1) is 11.2. The van der Waals surface area contributed by atoms with Crippen LogP contribution in [0.1, 0.15) is 15.9 Å². The third-order valence-electron chi connectivity index (χ3n) is 2.80. The van der Waals surface area contributed by atoms with Gasteiger partial charge in [-0.1, -0.05) is 30.3 Å². The Kier molecular flexibility index (Phi) is 2.83. The summed E-state index contributed by atoms with van der Waals surface area (Å²) in [5.41, 5.74) is 9.08. The molecule has 2 rings (SSSR count). The summed E-state index contributed by atoms with van der Waals surface area (Å²) in [5.74, 6) is -0.938. The quantitative estimate of drug-likeness (QED) is 0.775. The number of hydrogen-bond donors (Lipinski definition) is 2. The molecule has 0 unspecified atom stereocenters. The molecule has 0 aliphatic heterocycles. The molecule has 3 heteroatoms. The molecule has 0 bridgehead atoms. The highest BCUT2D eigenvalue weighted by Crippen LogP contribution is 2.30. The van der Waals surface area contributed by atoms with Crippen LogP contribution in [0.2, 0.25) is 0 Å². The van der Waals surface area contributed by atoms with E-state index in [9.17, 15) is 9.90 Å². The van der Waals surface area contributed by atoms with E-state index in [1.54, 1.807) is 12.1 Å². The lowest BCUT2D eigenvalue weighted by atomic mass is 9.94. The highest BCUT2D eigenvalue weighted by molar-refractivity contribution is 5.98. The van der Waals surface area contributed by atoms with Crippen molar-refractivity contribution in [2.24, 2.45) is 0 Å². The lowest BCUT2D eigenvalue weighted by molar-refractivity contribution is 0.0697. The van der Waals surface area contributed by atoms with Crippen LogP contribution >= 0.6 is 0 Å². The molecule has 0 aliphatic rings. The first-order chi connectivity index (χ1) is 8.11. The third-order valence-corrected chi connectivity index (χ3v) is 2.80. The van der Waals surface area contributed by atoms with Crippen molar-refractivity contribution < 1.29 is 9.90 Å². The molecule has 17 heavy (non-hydrogen) atoms.